The predicted octanol–water partition coefficient (Wildman–Crippen LogP) is 0.548. The zero-order valence-corrected chi connectivity index (χ0v) is 9.15. The molecule has 2 unspecified atom stereocenters. The van der Waals surface area contributed by atoms with Crippen LogP contribution in [0.2, 0.25) is 0 Å². The maximum Gasteiger partial charge on any atom is 0.269 e. The Morgan fingerprint density at radius 2 is 2.38 bits per heavy atom. The highest BCUT2D eigenvalue weighted by atomic mass is 16.3. The van der Waals surface area contributed by atoms with Crippen LogP contribution in [0.4, 0.5) is 0 Å². The lowest BCUT2D eigenvalue weighted by Gasteiger charge is -2.17. The van der Waals surface area contributed by atoms with Gasteiger partial charge in [-0.1, -0.05) is 6.42 Å². The molecule has 5 nitrogen and oxygen atoms in total. The first kappa shape index (κ1) is 11.1. The lowest BCUT2D eigenvalue weighted by atomic mass is 9.97. The fourth-order valence-electron chi connectivity index (χ4n) is 2.32. The van der Waals surface area contributed by atoms with Crippen LogP contribution >= 0.6 is 0 Å². The van der Waals surface area contributed by atoms with Crippen molar-refractivity contribution in [3.8, 4) is 0 Å². The van der Waals surface area contributed by atoms with Gasteiger partial charge in [-0.3, -0.25) is 4.79 Å². The molecule has 0 saturated heterocycles. The molecule has 0 radical (unpaired) electrons. The van der Waals surface area contributed by atoms with Crippen molar-refractivity contribution in [1.29, 1.82) is 0 Å². The minimum Gasteiger partial charge on any atom is -0.396 e. The summed E-state index contributed by atoms with van der Waals surface area (Å²) in [5.41, 5.74) is 0.485. The van der Waals surface area contributed by atoms with E-state index in [1.165, 1.54) is 12.5 Å². The number of nitrogens with one attached hydrogen (secondary N) is 2. The van der Waals surface area contributed by atoms with Gasteiger partial charge in [0, 0.05) is 13.2 Å². The van der Waals surface area contributed by atoms with Crippen LogP contribution in [0.3, 0.4) is 0 Å². The van der Waals surface area contributed by atoms with E-state index in [9.17, 15) is 4.79 Å². The standard InChI is InChI=1S/C11H17N3O2/c15-6-9-3-1-2-8(9)4-13-11(16)10-5-12-7-14-10/h5,7-9,15H,1-4,6H2,(H,12,14)(H,13,16). The van der Waals surface area contributed by atoms with Crippen LogP contribution in [-0.4, -0.2) is 34.1 Å². The highest BCUT2D eigenvalue weighted by Crippen LogP contribution is 2.30. The molecule has 16 heavy (non-hydrogen) atoms. The Labute approximate surface area is 94.3 Å². The molecule has 1 fully saturated rings. The number of imidazole rings is 1. The van der Waals surface area contributed by atoms with Gasteiger partial charge in [-0.15, -0.1) is 0 Å². The van der Waals surface area contributed by atoms with E-state index in [4.69, 9.17) is 5.11 Å². The average molecular weight is 223 g/mol. The number of aliphatic hydroxyl groups excluding tert-OH is 1. The van der Waals surface area contributed by atoms with E-state index in [1.807, 2.05) is 0 Å². The summed E-state index contributed by atoms with van der Waals surface area (Å²) in [6.07, 6.45) is 6.31. The highest BCUT2D eigenvalue weighted by molar-refractivity contribution is 5.91. The predicted molar refractivity (Wildman–Crippen MR) is 58.8 cm³/mol. The summed E-state index contributed by atoms with van der Waals surface area (Å²) in [7, 11) is 0. The molecule has 1 heterocycles. The maximum absolute atomic E-state index is 11.6. The molecule has 88 valence electrons. The van der Waals surface area contributed by atoms with Gasteiger partial charge in [0.15, 0.2) is 0 Å². The van der Waals surface area contributed by atoms with Gasteiger partial charge in [0.05, 0.1) is 12.5 Å². The van der Waals surface area contributed by atoms with Crippen molar-refractivity contribution in [2.24, 2.45) is 11.8 Å². The highest BCUT2D eigenvalue weighted by Gasteiger charge is 2.26. The molecule has 5 heteroatoms. The second kappa shape index (κ2) is 5.12. The molecule has 0 bridgehead atoms. The second-order valence-electron chi connectivity index (χ2n) is 4.31. The number of aliphatic hydroxyl groups is 1. The van der Waals surface area contributed by atoms with E-state index in [2.05, 4.69) is 15.3 Å². The molecule has 1 aliphatic rings. The fraction of sp³-hybridized carbons (Fsp3) is 0.636. The molecule has 1 aromatic rings. The number of carbonyl (C=O) groups excluding carboxylic acids is 1. The summed E-state index contributed by atoms with van der Waals surface area (Å²) in [4.78, 5) is 18.2. The Balaban J connectivity index is 1.81. The Hall–Kier alpha value is -1.36. The van der Waals surface area contributed by atoms with Crippen molar-refractivity contribution in [3.63, 3.8) is 0 Å². The molecule has 0 aliphatic heterocycles. The van der Waals surface area contributed by atoms with Crippen molar-refractivity contribution in [2.45, 2.75) is 19.3 Å². The Bertz CT molecular complexity index is 337. The number of H-pyrrole nitrogens is 1. The largest absolute Gasteiger partial charge is 0.396 e. The lowest BCUT2D eigenvalue weighted by Crippen LogP contribution is -2.31. The Kier molecular flexibility index (Phi) is 3.56. The molecular weight excluding hydrogens is 206 g/mol. The normalized spacial score (nSPS) is 24.6. The van der Waals surface area contributed by atoms with Gasteiger partial charge in [-0.25, -0.2) is 4.98 Å². The maximum atomic E-state index is 11.6. The van der Waals surface area contributed by atoms with E-state index < -0.39 is 0 Å². The minimum absolute atomic E-state index is 0.124. The third-order valence-corrected chi connectivity index (χ3v) is 3.32. The summed E-state index contributed by atoms with van der Waals surface area (Å²) in [5, 5.41) is 12.0. The van der Waals surface area contributed by atoms with E-state index >= 15 is 0 Å². The Morgan fingerprint density at radius 3 is 3.06 bits per heavy atom. The van der Waals surface area contributed by atoms with Crippen LogP contribution in [0.1, 0.15) is 29.8 Å². The van der Waals surface area contributed by atoms with Gasteiger partial charge in [0.2, 0.25) is 0 Å². The third-order valence-electron chi connectivity index (χ3n) is 3.32. The van der Waals surface area contributed by atoms with Crippen LogP contribution in [-0.2, 0) is 0 Å². The van der Waals surface area contributed by atoms with Crippen molar-refractivity contribution in [2.75, 3.05) is 13.2 Å². The molecule has 2 atom stereocenters. The molecule has 0 spiro atoms. The van der Waals surface area contributed by atoms with Crippen molar-refractivity contribution in [3.05, 3.63) is 18.2 Å². The number of rotatable bonds is 4. The number of carbonyl (C=O) groups is 1. The molecule has 1 aromatic heterocycles. The van der Waals surface area contributed by atoms with Gasteiger partial charge < -0.3 is 15.4 Å². The number of hydrogen-bond acceptors (Lipinski definition) is 3. The SMILES string of the molecule is O=C(NCC1CCCC1CO)c1cnc[nH]1. The van der Waals surface area contributed by atoms with E-state index in [0.717, 1.165) is 19.3 Å². The summed E-state index contributed by atoms with van der Waals surface area (Å²) < 4.78 is 0. The lowest BCUT2D eigenvalue weighted by molar-refractivity contribution is 0.0933. The fourth-order valence-corrected chi connectivity index (χ4v) is 2.32. The number of amides is 1. The smallest absolute Gasteiger partial charge is 0.269 e. The first-order valence-electron chi connectivity index (χ1n) is 5.68. The molecule has 1 amide bonds. The van der Waals surface area contributed by atoms with E-state index in [0.29, 0.717) is 24.1 Å². The molecular formula is C11H17N3O2. The number of aromatic amines is 1. The van der Waals surface area contributed by atoms with Gasteiger partial charge in [-0.2, -0.15) is 0 Å². The first-order chi connectivity index (χ1) is 7.81. The topological polar surface area (TPSA) is 78.0 Å². The molecule has 0 aromatic carbocycles. The van der Waals surface area contributed by atoms with Crippen molar-refractivity contribution in [1.82, 2.24) is 15.3 Å². The molecule has 1 saturated carbocycles. The van der Waals surface area contributed by atoms with E-state index in [1.54, 1.807) is 0 Å². The van der Waals surface area contributed by atoms with Crippen LogP contribution in [0.5, 0.6) is 0 Å². The molecule has 2 rings (SSSR count). The minimum atomic E-state index is -0.124. The van der Waals surface area contributed by atoms with Gasteiger partial charge in [0.1, 0.15) is 5.69 Å². The number of aromatic nitrogens is 2. The third kappa shape index (κ3) is 2.41. The number of hydrogen-bond donors (Lipinski definition) is 3. The van der Waals surface area contributed by atoms with Crippen LogP contribution in [0.25, 0.3) is 0 Å². The quantitative estimate of drug-likeness (QED) is 0.697. The van der Waals surface area contributed by atoms with Gasteiger partial charge in [-0.05, 0) is 24.7 Å². The number of nitrogens with zero attached hydrogens (tertiary/aromatic N) is 1. The van der Waals surface area contributed by atoms with Gasteiger partial charge in [0.25, 0.3) is 5.91 Å². The zero-order chi connectivity index (χ0) is 11.4. The van der Waals surface area contributed by atoms with E-state index in [-0.39, 0.29) is 12.5 Å². The zero-order valence-electron chi connectivity index (χ0n) is 9.15. The van der Waals surface area contributed by atoms with Gasteiger partial charge >= 0.3 is 0 Å². The van der Waals surface area contributed by atoms with Crippen molar-refractivity contribution >= 4 is 5.91 Å². The van der Waals surface area contributed by atoms with Crippen LogP contribution < -0.4 is 5.32 Å². The summed E-state index contributed by atoms with van der Waals surface area (Å²) in [6.45, 7) is 0.869. The average Bonchev–Trinajstić information content (AvgIpc) is 2.96. The second-order valence-corrected chi connectivity index (χ2v) is 4.31. The first-order valence-corrected chi connectivity index (χ1v) is 5.68. The molecule has 1 aliphatic carbocycles. The van der Waals surface area contributed by atoms with Crippen LogP contribution in [0, 0.1) is 11.8 Å². The summed E-state index contributed by atoms with van der Waals surface area (Å²) in [6, 6.07) is 0. The molecule has 3 N–H and O–H groups in total. The van der Waals surface area contributed by atoms with Crippen molar-refractivity contribution < 1.29 is 9.90 Å². The monoisotopic (exact) mass is 223 g/mol. The summed E-state index contributed by atoms with van der Waals surface area (Å²) in [5.74, 6) is 0.639. The summed E-state index contributed by atoms with van der Waals surface area (Å²) >= 11 is 0. The Morgan fingerprint density at radius 1 is 1.56 bits per heavy atom. The van der Waals surface area contributed by atoms with Crippen LogP contribution in [0.15, 0.2) is 12.5 Å².